The van der Waals surface area contributed by atoms with E-state index in [1.165, 1.54) is 19.2 Å². The molecule has 0 fully saturated rings. The number of aliphatic hydroxyl groups excluding tert-OH is 1. The Morgan fingerprint density at radius 3 is 2.41 bits per heavy atom. The highest BCUT2D eigenvalue weighted by molar-refractivity contribution is 6.32. The number of fused-ring (bicyclic) bond motifs is 4. The van der Waals surface area contributed by atoms with E-state index in [1.807, 2.05) is 0 Å². The molecule has 1 unspecified atom stereocenters. The molecule has 4 rings (SSSR count). The molecule has 0 spiro atoms. The Balaban J connectivity index is 2.08. The summed E-state index contributed by atoms with van der Waals surface area (Å²) < 4.78 is 5.20. The summed E-state index contributed by atoms with van der Waals surface area (Å²) in [5.41, 5.74) is -0.690. The van der Waals surface area contributed by atoms with Gasteiger partial charge in [-0.05, 0) is 17.7 Å². The topological polar surface area (TPSA) is 101 Å². The van der Waals surface area contributed by atoms with Gasteiger partial charge in [0.25, 0.3) is 0 Å². The number of hydrogen-bond acceptors (Lipinski definition) is 6. The monoisotopic (exact) mass is 366 g/mol. The lowest BCUT2D eigenvalue weighted by Crippen LogP contribution is -2.35. The van der Waals surface area contributed by atoms with Gasteiger partial charge >= 0.3 is 0 Å². The fourth-order valence-electron chi connectivity index (χ4n) is 4.07. The van der Waals surface area contributed by atoms with E-state index >= 15 is 0 Å². The van der Waals surface area contributed by atoms with Gasteiger partial charge in [0.2, 0.25) is 5.78 Å². The molecule has 0 bridgehead atoms. The summed E-state index contributed by atoms with van der Waals surface area (Å²) in [6.07, 6.45) is -1.01. The molecule has 6 nitrogen and oxygen atoms in total. The van der Waals surface area contributed by atoms with Crippen LogP contribution in [0.3, 0.4) is 0 Å². The van der Waals surface area contributed by atoms with Crippen LogP contribution in [-0.4, -0.2) is 34.7 Å². The molecule has 0 amide bonds. The van der Waals surface area contributed by atoms with Crippen molar-refractivity contribution in [3.05, 3.63) is 57.6 Å². The summed E-state index contributed by atoms with van der Waals surface area (Å²) >= 11 is 0. The second-order valence-corrected chi connectivity index (χ2v) is 7.64. The summed E-state index contributed by atoms with van der Waals surface area (Å²) in [5.74, 6) is -1.65. The van der Waals surface area contributed by atoms with Gasteiger partial charge in [0.05, 0.1) is 24.3 Å². The van der Waals surface area contributed by atoms with Gasteiger partial charge in [0, 0.05) is 28.5 Å². The third kappa shape index (κ3) is 2.20. The lowest BCUT2D eigenvalue weighted by molar-refractivity contribution is 0.0314. The van der Waals surface area contributed by atoms with Crippen LogP contribution < -0.4 is 4.74 Å². The van der Waals surface area contributed by atoms with E-state index in [4.69, 9.17) is 4.74 Å². The highest BCUT2D eigenvalue weighted by Gasteiger charge is 2.45. The van der Waals surface area contributed by atoms with E-state index < -0.39 is 28.8 Å². The van der Waals surface area contributed by atoms with Crippen molar-refractivity contribution < 1.29 is 29.3 Å². The number of aromatic hydroxyl groups is 1. The van der Waals surface area contributed by atoms with Gasteiger partial charge in [-0.15, -0.1) is 0 Å². The first-order chi connectivity index (χ1) is 12.7. The quantitative estimate of drug-likeness (QED) is 0.687. The van der Waals surface area contributed by atoms with Crippen molar-refractivity contribution in [2.45, 2.75) is 26.4 Å². The molecule has 2 aliphatic carbocycles. The highest BCUT2D eigenvalue weighted by Crippen LogP contribution is 2.48. The maximum atomic E-state index is 13.2. The van der Waals surface area contributed by atoms with Crippen molar-refractivity contribution in [1.82, 2.24) is 0 Å². The van der Waals surface area contributed by atoms with Crippen molar-refractivity contribution in [2.75, 3.05) is 7.11 Å². The van der Waals surface area contributed by atoms with Crippen LogP contribution in [-0.2, 0) is 0 Å². The zero-order valence-corrected chi connectivity index (χ0v) is 15.1. The number of benzene rings is 2. The maximum absolute atomic E-state index is 13.2. The number of ketones is 3. The van der Waals surface area contributed by atoms with Crippen LogP contribution in [0.2, 0.25) is 0 Å². The minimum atomic E-state index is -1.05. The van der Waals surface area contributed by atoms with E-state index in [0.29, 0.717) is 0 Å². The Hall–Kier alpha value is -2.99. The molecule has 2 N–H and O–H groups in total. The standard InChI is InChI=1S/C21H18O6/c1-21(2)8-12(23)14-10(20(21)26)7-11(22)16-17(14)18(24)9-5-4-6-13(27-3)15(9)19(16)25/h4-7,20,22,26H,8H2,1-3H3. The Morgan fingerprint density at radius 2 is 1.74 bits per heavy atom. The molecule has 138 valence electrons. The number of phenols is 1. The SMILES string of the molecule is COc1cccc2c1C(=O)c1c(O)cc3c(c1C2=O)C(=O)CC(C)(C)C3O. The van der Waals surface area contributed by atoms with Gasteiger partial charge < -0.3 is 14.9 Å². The number of ether oxygens (including phenoxy) is 1. The predicted octanol–water partition coefficient (Wildman–Crippen LogP) is 2.82. The van der Waals surface area contributed by atoms with Crippen LogP contribution in [0.25, 0.3) is 0 Å². The third-order valence-electron chi connectivity index (χ3n) is 5.44. The summed E-state index contributed by atoms with van der Waals surface area (Å²) in [4.78, 5) is 39.1. The highest BCUT2D eigenvalue weighted by atomic mass is 16.5. The molecule has 0 saturated heterocycles. The summed E-state index contributed by atoms with van der Waals surface area (Å²) in [5, 5.41) is 21.2. The van der Waals surface area contributed by atoms with Gasteiger partial charge in [-0.25, -0.2) is 0 Å². The largest absolute Gasteiger partial charge is 0.507 e. The van der Waals surface area contributed by atoms with Crippen molar-refractivity contribution in [2.24, 2.45) is 5.41 Å². The zero-order chi connectivity index (χ0) is 19.7. The van der Waals surface area contributed by atoms with Crippen molar-refractivity contribution in [3.8, 4) is 11.5 Å². The lowest BCUT2D eigenvalue weighted by atomic mass is 9.67. The van der Waals surface area contributed by atoms with E-state index in [0.717, 1.165) is 0 Å². The van der Waals surface area contributed by atoms with Crippen LogP contribution in [0.1, 0.15) is 74.1 Å². The number of Topliss-reactive ketones (excluding diaryl/α,β-unsaturated/α-hetero) is 1. The number of hydrogen-bond donors (Lipinski definition) is 2. The minimum Gasteiger partial charge on any atom is -0.507 e. The normalized spacial score (nSPS) is 20.0. The molecule has 6 heteroatoms. The molecule has 0 aliphatic heterocycles. The second-order valence-electron chi connectivity index (χ2n) is 7.64. The van der Waals surface area contributed by atoms with Gasteiger partial charge in [-0.1, -0.05) is 26.0 Å². The van der Waals surface area contributed by atoms with Crippen LogP contribution >= 0.6 is 0 Å². The van der Waals surface area contributed by atoms with Crippen molar-refractivity contribution in [1.29, 1.82) is 0 Å². The molecular formula is C21H18O6. The first-order valence-corrected chi connectivity index (χ1v) is 8.56. The number of phenolic OH excluding ortho intramolecular Hbond substituents is 1. The molecule has 2 aliphatic rings. The first kappa shape index (κ1) is 17.4. The molecule has 0 heterocycles. The molecule has 2 aromatic carbocycles. The molecule has 0 radical (unpaired) electrons. The van der Waals surface area contributed by atoms with E-state index in [9.17, 15) is 24.6 Å². The van der Waals surface area contributed by atoms with Crippen LogP contribution in [0.4, 0.5) is 0 Å². The molecule has 0 aromatic heterocycles. The first-order valence-electron chi connectivity index (χ1n) is 8.56. The molecule has 1 atom stereocenters. The number of rotatable bonds is 1. The molecule has 2 aromatic rings. The second kappa shape index (κ2) is 5.50. The summed E-state index contributed by atoms with van der Waals surface area (Å²) in [6, 6.07) is 5.86. The summed E-state index contributed by atoms with van der Waals surface area (Å²) in [6.45, 7) is 3.48. The Kier molecular flexibility index (Phi) is 3.55. The van der Waals surface area contributed by atoms with E-state index in [2.05, 4.69) is 0 Å². The Bertz CT molecular complexity index is 1050. The fraction of sp³-hybridized carbons (Fsp3) is 0.286. The minimum absolute atomic E-state index is 0.0291. The van der Waals surface area contributed by atoms with Crippen LogP contribution in [0, 0.1) is 5.41 Å². The van der Waals surface area contributed by atoms with Crippen LogP contribution in [0.15, 0.2) is 24.3 Å². The molecule has 0 saturated carbocycles. The van der Waals surface area contributed by atoms with Crippen LogP contribution in [0.5, 0.6) is 11.5 Å². The number of carbonyl (C=O) groups is 3. The number of aliphatic hydroxyl groups is 1. The van der Waals surface area contributed by atoms with Gasteiger partial charge in [-0.3, -0.25) is 14.4 Å². The van der Waals surface area contributed by atoms with E-state index in [1.54, 1.807) is 26.0 Å². The fourth-order valence-corrected chi connectivity index (χ4v) is 4.07. The zero-order valence-electron chi connectivity index (χ0n) is 15.1. The Morgan fingerprint density at radius 1 is 1.04 bits per heavy atom. The number of carbonyl (C=O) groups excluding carboxylic acids is 3. The lowest BCUT2D eigenvalue weighted by Gasteiger charge is -2.37. The van der Waals surface area contributed by atoms with Crippen molar-refractivity contribution in [3.63, 3.8) is 0 Å². The Labute approximate surface area is 155 Å². The van der Waals surface area contributed by atoms with Gasteiger partial charge in [0.1, 0.15) is 11.5 Å². The van der Waals surface area contributed by atoms with Crippen molar-refractivity contribution >= 4 is 17.3 Å². The predicted molar refractivity (Wildman–Crippen MR) is 95.7 cm³/mol. The molecular weight excluding hydrogens is 348 g/mol. The maximum Gasteiger partial charge on any atom is 0.202 e. The van der Waals surface area contributed by atoms with E-state index in [-0.39, 0.29) is 51.3 Å². The summed E-state index contributed by atoms with van der Waals surface area (Å²) in [7, 11) is 1.39. The molecule has 27 heavy (non-hydrogen) atoms. The smallest absolute Gasteiger partial charge is 0.202 e. The average molecular weight is 366 g/mol. The average Bonchev–Trinajstić information content (AvgIpc) is 2.62. The van der Waals surface area contributed by atoms with Gasteiger partial charge in [0.15, 0.2) is 11.6 Å². The van der Waals surface area contributed by atoms with Gasteiger partial charge in [-0.2, -0.15) is 0 Å². The number of methoxy groups -OCH3 is 1. The third-order valence-corrected chi connectivity index (χ3v) is 5.44.